The second kappa shape index (κ2) is 11.7. The van der Waals surface area contributed by atoms with Crippen molar-refractivity contribution in [1.82, 2.24) is 19.9 Å². The van der Waals surface area contributed by atoms with Crippen molar-refractivity contribution in [3.63, 3.8) is 0 Å². The fraction of sp³-hybridized carbons (Fsp3) is 0.609. The van der Waals surface area contributed by atoms with Crippen molar-refractivity contribution in [2.24, 2.45) is 0 Å². The molecule has 0 unspecified atom stereocenters. The number of carbonyl (C=O) groups excluding carboxylic acids is 1. The number of amides is 1. The van der Waals surface area contributed by atoms with E-state index in [4.69, 9.17) is 4.52 Å². The fourth-order valence-corrected chi connectivity index (χ4v) is 3.76. The Morgan fingerprint density at radius 1 is 0.966 bits per heavy atom. The molecule has 0 radical (unpaired) electrons. The van der Waals surface area contributed by atoms with Crippen molar-refractivity contribution in [1.29, 1.82) is 0 Å². The van der Waals surface area contributed by atoms with Crippen LogP contribution in [0.3, 0.4) is 0 Å². The lowest BCUT2D eigenvalue weighted by molar-refractivity contribution is -0.133. The average Bonchev–Trinajstić information content (AvgIpc) is 3.22. The topological polar surface area (TPSA) is 62.5 Å². The molecule has 0 spiro atoms. The molecule has 0 bridgehead atoms. The highest BCUT2D eigenvalue weighted by Gasteiger charge is 2.22. The first-order valence-electron chi connectivity index (χ1n) is 11.1. The zero-order chi connectivity index (χ0) is 20.3. The number of unbranched alkanes of at least 4 members (excludes halogenated alkanes) is 6. The predicted octanol–water partition coefficient (Wildman–Crippen LogP) is 4.52. The van der Waals surface area contributed by atoms with Gasteiger partial charge in [0, 0.05) is 38.2 Å². The van der Waals surface area contributed by atoms with Crippen LogP contribution in [0.4, 0.5) is 0 Å². The van der Waals surface area contributed by atoms with E-state index in [1.807, 2.05) is 35.2 Å². The van der Waals surface area contributed by atoms with Crippen molar-refractivity contribution in [3.8, 4) is 11.4 Å². The number of nitrogens with zero attached hydrogens (tertiary/aromatic N) is 4. The van der Waals surface area contributed by atoms with E-state index < -0.39 is 0 Å². The highest BCUT2D eigenvalue weighted by molar-refractivity contribution is 5.76. The molecular formula is C23H34N4O2. The Bertz CT molecular complexity index is 723. The van der Waals surface area contributed by atoms with Gasteiger partial charge in [-0.3, -0.25) is 9.69 Å². The van der Waals surface area contributed by atoms with Crippen molar-refractivity contribution in [2.45, 2.75) is 64.8 Å². The molecule has 2 heterocycles. The van der Waals surface area contributed by atoms with Gasteiger partial charge in [0.2, 0.25) is 17.6 Å². The largest absolute Gasteiger partial charge is 0.340 e. The molecule has 1 fully saturated rings. The van der Waals surface area contributed by atoms with Crippen LogP contribution in [0.25, 0.3) is 11.4 Å². The van der Waals surface area contributed by atoms with Crippen LogP contribution in [0.15, 0.2) is 34.9 Å². The maximum absolute atomic E-state index is 12.4. The summed E-state index contributed by atoms with van der Waals surface area (Å²) in [5.41, 5.74) is 0.961. The zero-order valence-corrected chi connectivity index (χ0v) is 17.7. The SMILES string of the molecule is CCCCCCCCCC(=O)N1CCN(Cc2nc(-c3ccccc3)no2)CC1. The molecule has 6 heteroatoms. The molecular weight excluding hydrogens is 364 g/mol. The zero-order valence-electron chi connectivity index (χ0n) is 17.7. The van der Waals surface area contributed by atoms with Crippen LogP contribution >= 0.6 is 0 Å². The molecule has 2 aromatic rings. The maximum Gasteiger partial charge on any atom is 0.241 e. The second-order valence-corrected chi connectivity index (χ2v) is 7.91. The number of piperazine rings is 1. The molecule has 1 aliphatic heterocycles. The van der Waals surface area contributed by atoms with Crippen molar-refractivity contribution in [2.75, 3.05) is 26.2 Å². The van der Waals surface area contributed by atoms with Gasteiger partial charge in [0.1, 0.15) is 0 Å². The van der Waals surface area contributed by atoms with Crippen LogP contribution in [0, 0.1) is 0 Å². The van der Waals surface area contributed by atoms with Gasteiger partial charge >= 0.3 is 0 Å². The molecule has 0 saturated carbocycles. The monoisotopic (exact) mass is 398 g/mol. The summed E-state index contributed by atoms with van der Waals surface area (Å²) in [7, 11) is 0. The van der Waals surface area contributed by atoms with Crippen LogP contribution in [0.1, 0.15) is 64.2 Å². The van der Waals surface area contributed by atoms with E-state index >= 15 is 0 Å². The summed E-state index contributed by atoms with van der Waals surface area (Å²) in [5.74, 6) is 1.57. The van der Waals surface area contributed by atoms with E-state index in [0.717, 1.165) is 38.2 Å². The number of carbonyl (C=O) groups is 1. The van der Waals surface area contributed by atoms with E-state index in [2.05, 4.69) is 22.0 Å². The Labute approximate surface area is 174 Å². The van der Waals surface area contributed by atoms with Crippen molar-refractivity contribution in [3.05, 3.63) is 36.2 Å². The van der Waals surface area contributed by atoms with Gasteiger partial charge < -0.3 is 9.42 Å². The van der Waals surface area contributed by atoms with Gasteiger partial charge in [-0.25, -0.2) is 0 Å². The lowest BCUT2D eigenvalue weighted by Gasteiger charge is -2.34. The quantitative estimate of drug-likeness (QED) is 0.521. The van der Waals surface area contributed by atoms with E-state index in [1.54, 1.807) is 0 Å². The first-order chi connectivity index (χ1) is 14.3. The number of benzene rings is 1. The molecule has 1 aliphatic rings. The Kier molecular flexibility index (Phi) is 8.68. The van der Waals surface area contributed by atoms with Gasteiger partial charge in [-0.1, -0.05) is 80.9 Å². The van der Waals surface area contributed by atoms with Crippen LogP contribution in [0.5, 0.6) is 0 Å². The third-order valence-electron chi connectivity index (χ3n) is 5.58. The normalized spacial score (nSPS) is 15.0. The number of aromatic nitrogens is 2. The lowest BCUT2D eigenvalue weighted by atomic mass is 10.1. The second-order valence-electron chi connectivity index (χ2n) is 7.91. The summed E-state index contributed by atoms with van der Waals surface area (Å²) >= 11 is 0. The van der Waals surface area contributed by atoms with Gasteiger partial charge in [-0.2, -0.15) is 4.98 Å². The number of hydrogen-bond acceptors (Lipinski definition) is 5. The van der Waals surface area contributed by atoms with Crippen LogP contribution in [-0.2, 0) is 11.3 Å². The Morgan fingerprint density at radius 2 is 1.66 bits per heavy atom. The van der Waals surface area contributed by atoms with E-state index in [0.29, 0.717) is 30.6 Å². The summed E-state index contributed by atoms with van der Waals surface area (Å²) in [6.45, 7) is 6.16. The molecule has 0 aliphatic carbocycles. The smallest absolute Gasteiger partial charge is 0.241 e. The average molecular weight is 399 g/mol. The summed E-state index contributed by atoms with van der Waals surface area (Å²) in [6, 6.07) is 9.86. The highest BCUT2D eigenvalue weighted by atomic mass is 16.5. The fourth-order valence-electron chi connectivity index (χ4n) is 3.76. The van der Waals surface area contributed by atoms with Gasteiger partial charge in [0.15, 0.2) is 0 Å². The number of rotatable bonds is 11. The molecule has 158 valence electrons. The molecule has 0 N–H and O–H groups in total. The van der Waals surface area contributed by atoms with E-state index in [-0.39, 0.29) is 0 Å². The molecule has 1 aromatic carbocycles. The molecule has 6 nitrogen and oxygen atoms in total. The lowest BCUT2D eigenvalue weighted by Crippen LogP contribution is -2.48. The first kappa shape index (κ1) is 21.5. The molecule has 0 atom stereocenters. The van der Waals surface area contributed by atoms with Gasteiger partial charge in [-0.15, -0.1) is 0 Å². The minimum Gasteiger partial charge on any atom is -0.340 e. The van der Waals surface area contributed by atoms with Crippen LogP contribution in [-0.4, -0.2) is 52.0 Å². The molecule has 1 aromatic heterocycles. The van der Waals surface area contributed by atoms with E-state index in [9.17, 15) is 4.79 Å². The molecule has 29 heavy (non-hydrogen) atoms. The Balaban J connectivity index is 1.33. The molecule has 1 amide bonds. The first-order valence-corrected chi connectivity index (χ1v) is 11.1. The standard InChI is InChI=1S/C23H34N4O2/c1-2-3-4-5-6-7-11-14-22(28)27-17-15-26(16-18-27)19-21-24-23(25-29-21)20-12-9-8-10-13-20/h8-10,12-13H,2-7,11,14-19H2,1H3. The summed E-state index contributed by atoms with van der Waals surface area (Å²) in [4.78, 5) is 21.2. The third-order valence-corrected chi connectivity index (χ3v) is 5.58. The molecule has 3 rings (SSSR count). The summed E-state index contributed by atoms with van der Waals surface area (Å²) in [6.07, 6.45) is 9.41. The molecule has 1 saturated heterocycles. The highest BCUT2D eigenvalue weighted by Crippen LogP contribution is 2.16. The van der Waals surface area contributed by atoms with Gasteiger partial charge in [0.05, 0.1) is 6.54 Å². The summed E-state index contributed by atoms with van der Waals surface area (Å²) < 4.78 is 5.41. The summed E-state index contributed by atoms with van der Waals surface area (Å²) in [5, 5.41) is 4.08. The maximum atomic E-state index is 12.4. The van der Waals surface area contributed by atoms with Crippen molar-refractivity contribution < 1.29 is 9.32 Å². The van der Waals surface area contributed by atoms with Gasteiger partial charge in [0.25, 0.3) is 0 Å². The third kappa shape index (κ3) is 6.96. The predicted molar refractivity (Wildman–Crippen MR) is 114 cm³/mol. The van der Waals surface area contributed by atoms with Crippen LogP contribution < -0.4 is 0 Å². The Morgan fingerprint density at radius 3 is 2.38 bits per heavy atom. The minimum absolute atomic E-state index is 0.308. The van der Waals surface area contributed by atoms with Gasteiger partial charge in [-0.05, 0) is 6.42 Å². The minimum atomic E-state index is 0.308. The number of hydrogen-bond donors (Lipinski definition) is 0. The Hall–Kier alpha value is -2.21. The van der Waals surface area contributed by atoms with E-state index in [1.165, 1.54) is 38.5 Å². The van der Waals surface area contributed by atoms with Crippen molar-refractivity contribution >= 4 is 5.91 Å². The van der Waals surface area contributed by atoms with Crippen LogP contribution in [0.2, 0.25) is 0 Å².